The summed E-state index contributed by atoms with van der Waals surface area (Å²) in [5, 5.41) is 0. The van der Waals surface area contributed by atoms with Crippen LogP contribution in [0.3, 0.4) is 0 Å². The van der Waals surface area contributed by atoms with Crippen molar-refractivity contribution in [2.45, 2.75) is 39.2 Å². The van der Waals surface area contributed by atoms with Gasteiger partial charge in [-0.15, -0.1) is 12.4 Å². The first-order chi connectivity index (χ1) is 7.90. The van der Waals surface area contributed by atoms with Gasteiger partial charge in [-0.05, 0) is 44.9 Å². The summed E-state index contributed by atoms with van der Waals surface area (Å²) in [5.41, 5.74) is 7.22. The van der Waals surface area contributed by atoms with E-state index >= 15 is 0 Å². The van der Waals surface area contributed by atoms with Crippen molar-refractivity contribution >= 4 is 18.4 Å². The third-order valence-electron chi connectivity index (χ3n) is 2.22. The Hall–Kier alpha value is -1.06. The van der Waals surface area contributed by atoms with Crippen LogP contribution in [0.2, 0.25) is 0 Å². The third kappa shape index (κ3) is 6.62. The van der Waals surface area contributed by atoms with Crippen molar-refractivity contribution in [3.63, 3.8) is 0 Å². The van der Waals surface area contributed by atoms with Crippen LogP contribution in [0.25, 0.3) is 0 Å². The molecule has 0 spiro atoms. The van der Waals surface area contributed by atoms with Gasteiger partial charge in [0.05, 0.1) is 6.42 Å². The Balaban J connectivity index is 0.00000289. The Morgan fingerprint density at radius 3 is 2.11 bits per heavy atom. The molecule has 0 radical (unpaired) electrons. The van der Waals surface area contributed by atoms with Gasteiger partial charge in [-0.25, -0.2) is 0 Å². The van der Waals surface area contributed by atoms with Crippen molar-refractivity contribution in [3.05, 3.63) is 35.4 Å². The molecular weight excluding hydrogens is 250 g/mol. The molecule has 3 nitrogen and oxygen atoms in total. The van der Waals surface area contributed by atoms with Crippen molar-refractivity contribution in [2.75, 3.05) is 6.54 Å². The van der Waals surface area contributed by atoms with E-state index in [4.69, 9.17) is 10.5 Å². The van der Waals surface area contributed by atoms with E-state index in [0.717, 1.165) is 12.0 Å². The summed E-state index contributed by atoms with van der Waals surface area (Å²) in [5.74, 6) is -0.191. The average Bonchev–Trinajstić information content (AvgIpc) is 2.18. The minimum Gasteiger partial charge on any atom is -0.460 e. The van der Waals surface area contributed by atoms with Gasteiger partial charge in [0, 0.05) is 0 Å². The average molecular weight is 272 g/mol. The van der Waals surface area contributed by atoms with Crippen LogP contribution in [0.1, 0.15) is 31.9 Å². The summed E-state index contributed by atoms with van der Waals surface area (Å²) in [7, 11) is 0. The number of carbonyl (C=O) groups is 1. The van der Waals surface area contributed by atoms with Crippen LogP contribution in [0.5, 0.6) is 0 Å². The molecule has 0 aromatic heterocycles. The number of benzene rings is 1. The molecule has 18 heavy (non-hydrogen) atoms. The monoisotopic (exact) mass is 271 g/mol. The molecule has 102 valence electrons. The second-order valence-electron chi connectivity index (χ2n) is 5.12. The molecule has 0 fully saturated rings. The Labute approximate surface area is 115 Å². The SMILES string of the molecule is CC(C)(C)OC(=O)Cc1ccc(CCN)cc1.Cl. The lowest BCUT2D eigenvalue weighted by atomic mass is 10.1. The maximum atomic E-state index is 11.6. The summed E-state index contributed by atoms with van der Waals surface area (Å²) in [6.07, 6.45) is 1.19. The van der Waals surface area contributed by atoms with Gasteiger partial charge in [-0.1, -0.05) is 24.3 Å². The molecule has 0 unspecified atom stereocenters. The molecule has 0 saturated heterocycles. The van der Waals surface area contributed by atoms with Gasteiger partial charge in [0.2, 0.25) is 0 Å². The molecule has 0 aliphatic rings. The van der Waals surface area contributed by atoms with E-state index in [1.807, 2.05) is 45.0 Å². The van der Waals surface area contributed by atoms with Gasteiger partial charge in [0.15, 0.2) is 0 Å². The van der Waals surface area contributed by atoms with Crippen LogP contribution < -0.4 is 5.73 Å². The fourth-order valence-corrected chi connectivity index (χ4v) is 1.53. The van der Waals surface area contributed by atoms with Crippen LogP contribution in [0.4, 0.5) is 0 Å². The maximum absolute atomic E-state index is 11.6. The van der Waals surface area contributed by atoms with E-state index in [1.54, 1.807) is 0 Å². The first-order valence-corrected chi connectivity index (χ1v) is 5.90. The van der Waals surface area contributed by atoms with Gasteiger partial charge in [0.1, 0.15) is 5.60 Å². The maximum Gasteiger partial charge on any atom is 0.310 e. The minimum absolute atomic E-state index is 0. The minimum atomic E-state index is -0.420. The Bertz CT molecular complexity index is 368. The number of carbonyl (C=O) groups excluding carboxylic acids is 1. The van der Waals surface area contributed by atoms with E-state index in [0.29, 0.717) is 13.0 Å². The smallest absolute Gasteiger partial charge is 0.310 e. The lowest BCUT2D eigenvalue weighted by Gasteiger charge is -2.19. The summed E-state index contributed by atoms with van der Waals surface area (Å²) in [6, 6.07) is 7.92. The zero-order valence-corrected chi connectivity index (χ0v) is 12.0. The third-order valence-corrected chi connectivity index (χ3v) is 2.22. The molecule has 0 aliphatic carbocycles. The van der Waals surface area contributed by atoms with Gasteiger partial charge < -0.3 is 10.5 Å². The normalized spacial score (nSPS) is 10.7. The molecule has 1 rings (SSSR count). The number of hydrogen-bond donors (Lipinski definition) is 1. The molecular formula is C14H22ClNO2. The molecule has 0 atom stereocenters. The molecule has 2 N–H and O–H groups in total. The molecule has 0 heterocycles. The van der Waals surface area contributed by atoms with Crippen molar-refractivity contribution < 1.29 is 9.53 Å². The molecule has 1 aromatic rings. The zero-order valence-electron chi connectivity index (χ0n) is 11.2. The van der Waals surface area contributed by atoms with Gasteiger partial charge >= 0.3 is 5.97 Å². The van der Waals surface area contributed by atoms with E-state index in [9.17, 15) is 4.79 Å². The number of halogens is 1. The largest absolute Gasteiger partial charge is 0.460 e. The second-order valence-corrected chi connectivity index (χ2v) is 5.12. The summed E-state index contributed by atoms with van der Waals surface area (Å²) < 4.78 is 5.26. The van der Waals surface area contributed by atoms with Crippen molar-refractivity contribution in [1.29, 1.82) is 0 Å². The number of nitrogens with two attached hydrogens (primary N) is 1. The topological polar surface area (TPSA) is 52.3 Å². The van der Waals surface area contributed by atoms with Gasteiger partial charge in [-0.3, -0.25) is 4.79 Å². The van der Waals surface area contributed by atoms with Crippen LogP contribution >= 0.6 is 12.4 Å². The fraction of sp³-hybridized carbons (Fsp3) is 0.500. The molecule has 0 amide bonds. The first-order valence-electron chi connectivity index (χ1n) is 5.90. The molecule has 4 heteroatoms. The molecule has 0 saturated carbocycles. The highest BCUT2D eigenvalue weighted by molar-refractivity contribution is 5.85. The summed E-state index contributed by atoms with van der Waals surface area (Å²) in [4.78, 5) is 11.6. The van der Waals surface area contributed by atoms with E-state index in [-0.39, 0.29) is 18.4 Å². The predicted octanol–water partition coefficient (Wildman–Crippen LogP) is 2.49. The van der Waals surface area contributed by atoms with Crippen molar-refractivity contribution in [3.8, 4) is 0 Å². The summed E-state index contributed by atoms with van der Waals surface area (Å²) >= 11 is 0. The van der Waals surface area contributed by atoms with Crippen LogP contribution in [0.15, 0.2) is 24.3 Å². The van der Waals surface area contributed by atoms with Crippen molar-refractivity contribution in [2.24, 2.45) is 5.73 Å². The Kier molecular flexibility index (Phi) is 6.96. The quantitative estimate of drug-likeness (QED) is 0.856. The van der Waals surface area contributed by atoms with E-state index in [2.05, 4.69) is 0 Å². The van der Waals surface area contributed by atoms with Crippen LogP contribution in [-0.2, 0) is 22.4 Å². The van der Waals surface area contributed by atoms with Crippen LogP contribution in [-0.4, -0.2) is 18.1 Å². The van der Waals surface area contributed by atoms with E-state index in [1.165, 1.54) is 5.56 Å². The number of hydrogen-bond acceptors (Lipinski definition) is 3. The number of esters is 1. The fourth-order valence-electron chi connectivity index (χ4n) is 1.53. The van der Waals surface area contributed by atoms with Crippen LogP contribution in [0, 0.1) is 0 Å². The summed E-state index contributed by atoms with van der Waals surface area (Å²) in [6.45, 7) is 6.26. The highest BCUT2D eigenvalue weighted by Gasteiger charge is 2.16. The molecule has 0 bridgehead atoms. The Morgan fingerprint density at radius 2 is 1.67 bits per heavy atom. The lowest BCUT2D eigenvalue weighted by Crippen LogP contribution is -2.24. The molecule has 0 aliphatic heterocycles. The second kappa shape index (κ2) is 7.39. The Morgan fingerprint density at radius 1 is 1.17 bits per heavy atom. The van der Waals surface area contributed by atoms with Gasteiger partial charge in [0.25, 0.3) is 0 Å². The first kappa shape index (κ1) is 16.9. The number of rotatable bonds is 4. The molecule has 1 aromatic carbocycles. The number of ether oxygens (including phenoxy) is 1. The van der Waals surface area contributed by atoms with E-state index < -0.39 is 5.60 Å². The van der Waals surface area contributed by atoms with Gasteiger partial charge in [-0.2, -0.15) is 0 Å². The van der Waals surface area contributed by atoms with Crippen molar-refractivity contribution in [1.82, 2.24) is 0 Å². The lowest BCUT2D eigenvalue weighted by molar-refractivity contribution is -0.153. The zero-order chi connectivity index (χ0) is 12.9. The standard InChI is InChI=1S/C14H21NO2.ClH/c1-14(2,3)17-13(16)10-12-6-4-11(5-7-12)8-9-15;/h4-7H,8-10,15H2,1-3H3;1H. The highest BCUT2D eigenvalue weighted by Crippen LogP contribution is 2.11. The predicted molar refractivity (Wildman–Crippen MR) is 76.0 cm³/mol. The highest BCUT2D eigenvalue weighted by atomic mass is 35.5.